The third-order valence-corrected chi connectivity index (χ3v) is 5.81. The number of carbonyl (C=O) groups is 1. The molecule has 2 aromatic carbocycles. The lowest BCUT2D eigenvalue weighted by molar-refractivity contribution is -0.136. The van der Waals surface area contributed by atoms with Crippen molar-refractivity contribution in [2.75, 3.05) is 10.6 Å². The maximum atomic E-state index is 13.4. The van der Waals surface area contributed by atoms with Crippen molar-refractivity contribution < 1.29 is 18.0 Å². The van der Waals surface area contributed by atoms with Gasteiger partial charge in [0, 0.05) is 42.5 Å². The van der Waals surface area contributed by atoms with Crippen LogP contribution < -0.4 is 16.4 Å². The quantitative estimate of drug-likeness (QED) is 0.261. The summed E-state index contributed by atoms with van der Waals surface area (Å²) in [6.07, 6.45) is 0.910. The van der Waals surface area contributed by atoms with Crippen molar-refractivity contribution in [3.63, 3.8) is 0 Å². The predicted molar refractivity (Wildman–Crippen MR) is 129 cm³/mol. The SMILES string of the molecule is NCc1ccc(C(F)(F)F)c(NC(=O)Nc2cccc3c2ccn3Cc2c[nH]c3ncccc23)c1. The van der Waals surface area contributed by atoms with Crippen molar-refractivity contribution in [2.45, 2.75) is 19.3 Å². The molecule has 2 amide bonds. The normalized spacial score (nSPS) is 11.8. The number of rotatable bonds is 5. The van der Waals surface area contributed by atoms with Crippen LogP contribution in [0, 0.1) is 0 Å². The molecule has 178 valence electrons. The summed E-state index contributed by atoms with van der Waals surface area (Å²) >= 11 is 0. The highest BCUT2D eigenvalue weighted by molar-refractivity contribution is 6.06. The lowest BCUT2D eigenvalue weighted by Gasteiger charge is -2.16. The van der Waals surface area contributed by atoms with Gasteiger partial charge in [-0.3, -0.25) is 0 Å². The van der Waals surface area contributed by atoms with Crippen molar-refractivity contribution in [3.05, 3.63) is 89.9 Å². The number of pyridine rings is 1. The van der Waals surface area contributed by atoms with Crippen LogP contribution in [0.3, 0.4) is 0 Å². The Kier molecular flexibility index (Phi) is 5.65. The number of aromatic amines is 1. The van der Waals surface area contributed by atoms with Crippen LogP contribution in [0.25, 0.3) is 21.9 Å². The zero-order valence-electron chi connectivity index (χ0n) is 18.4. The highest BCUT2D eigenvalue weighted by Crippen LogP contribution is 2.35. The third kappa shape index (κ3) is 4.43. The molecule has 7 nitrogen and oxygen atoms in total. The molecule has 5 rings (SSSR count). The Hall–Kier alpha value is -4.31. The number of aromatic nitrogens is 3. The van der Waals surface area contributed by atoms with E-state index >= 15 is 0 Å². The van der Waals surface area contributed by atoms with Crippen molar-refractivity contribution in [1.82, 2.24) is 14.5 Å². The number of nitrogens with two attached hydrogens (primary N) is 1. The summed E-state index contributed by atoms with van der Waals surface area (Å²) < 4.78 is 42.3. The molecule has 0 spiro atoms. The van der Waals surface area contributed by atoms with Gasteiger partial charge in [-0.25, -0.2) is 9.78 Å². The number of halogens is 3. The Labute approximate surface area is 197 Å². The summed E-state index contributed by atoms with van der Waals surface area (Å²) in [7, 11) is 0. The zero-order valence-corrected chi connectivity index (χ0v) is 18.4. The predicted octanol–water partition coefficient (Wildman–Crippen LogP) is 5.69. The standard InChI is InChI=1S/C25H21F3N6O/c26-25(27,28)19-7-6-15(12-29)11-21(19)33-24(35)32-20-4-1-5-22-18(20)8-10-34(22)14-16-13-31-23-17(16)3-2-9-30-23/h1-11,13H,12,14,29H2,(H,30,31)(H2,32,33,35). The highest BCUT2D eigenvalue weighted by atomic mass is 19.4. The number of amides is 2. The Morgan fingerprint density at radius 3 is 2.66 bits per heavy atom. The minimum absolute atomic E-state index is 0.0494. The first-order valence-corrected chi connectivity index (χ1v) is 10.8. The van der Waals surface area contributed by atoms with Gasteiger partial charge in [0.25, 0.3) is 0 Å². The van der Waals surface area contributed by atoms with E-state index < -0.39 is 17.8 Å². The van der Waals surface area contributed by atoms with Crippen LogP contribution in [0.1, 0.15) is 16.7 Å². The molecule has 0 fully saturated rings. The Bertz CT molecular complexity index is 1540. The molecule has 5 aromatic rings. The van der Waals surface area contributed by atoms with Crippen LogP contribution in [0.15, 0.2) is 73.2 Å². The van der Waals surface area contributed by atoms with Crippen LogP contribution in [0.4, 0.5) is 29.3 Å². The van der Waals surface area contributed by atoms with Crippen molar-refractivity contribution >= 4 is 39.3 Å². The number of benzene rings is 2. The van der Waals surface area contributed by atoms with Crippen molar-refractivity contribution in [1.29, 1.82) is 0 Å². The molecule has 3 heterocycles. The number of carbonyl (C=O) groups excluding carboxylic acids is 1. The lowest BCUT2D eigenvalue weighted by Crippen LogP contribution is -2.22. The second-order valence-corrected chi connectivity index (χ2v) is 8.06. The summed E-state index contributed by atoms with van der Waals surface area (Å²) in [6, 6.07) is 13.8. The fourth-order valence-corrected chi connectivity index (χ4v) is 4.14. The molecule has 0 atom stereocenters. The molecule has 0 saturated carbocycles. The number of H-pyrrole nitrogens is 1. The number of nitrogens with zero attached hydrogens (tertiary/aromatic N) is 2. The molecular weight excluding hydrogens is 457 g/mol. The molecule has 3 aromatic heterocycles. The molecule has 0 unspecified atom stereocenters. The first-order chi connectivity index (χ1) is 16.8. The maximum absolute atomic E-state index is 13.4. The number of alkyl halides is 3. The van der Waals surface area contributed by atoms with Crippen molar-refractivity contribution in [3.8, 4) is 0 Å². The summed E-state index contributed by atoms with van der Waals surface area (Å²) in [5, 5.41) is 6.77. The van der Waals surface area contributed by atoms with Gasteiger partial charge in [-0.1, -0.05) is 12.1 Å². The van der Waals surface area contributed by atoms with E-state index in [-0.39, 0.29) is 12.2 Å². The van der Waals surface area contributed by atoms with E-state index in [1.807, 2.05) is 41.2 Å². The fraction of sp³-hybridized carbons (Fsp3) is 0.120. The van der Waals surface area contributed by atoms with Gasteiger partial charge in [-0.2, -0.15) is 13.2 Å². The topological polar surface area (TPSA) is 101 Å². The van der Waals surface area contributed by atoms with E-state index in [0.29, 0.717) is 17.8 Å². The number of urea groups is 1. The van der Waals surface area contributed by atoms with Crippen LogP contribution in [0.2, 0.25) is 0 Å². The Morgan fingerprint density at radius 1 is 1.03 bits per heavy atom. The Balaban J connectivity index is 1.40. The van der Waals surface area contributed by atoms with Gasteiger partial charge in [0.2, 0.25) is 0 Å². The monoisotopic (exact) mass is 478 g/mol. The van der Waals surface area contributed by atoms with Gasteiger partial charge < -0.3 is 25.9 Å². The van der Waals surface area contributed by atoms with Crippen molar-refractivity contribution in [2.24, 2.45) is 5.73 Å². The van der Waals surface area contributed by atoms with Gasteiger partial charge in [0.05, 0.1) is 22.5 Å². The summed E-state index contributed by atoms with van der Waals surface area (Å²) in [4.78, 5) is 20.1. The van der Waals surface area contributed by atoms with Gasteiger partial charge in [0.15, 0.2) is 0 Å². The fourth-order valence-electron chi connectivity index (χ4n) is 4.14. The third-order valence-electron chi connectivity index (χ3n) is 5.81. The van der Waals surface area contributed by atoms with Gasteiger partial charge in [0.1, 0.15) is 5.65 Å². The highest BCUT2D eigenvalue weighted by Gasteiger charge is 2.34. The van der Waals surface area contributed by atoms with Crippen LogP contribution in [-0.2, 0) is 19.3 Å². The van der Waals surface area contributed by atoms with E-state index in [0.717, 1.165) is 33.6 Å². The van der Waals surface area contributed by atoms with E-state index in [4.69, 9.17) is 5.73 Å². The van der Waals surface area contributed by atoms with Gasteiger partial charge in [-0.05, 0) is 53.6 Å². The van der Waals surface area contributed by atoms with E-state index in [9.17, 15) is 18.0 Å². The lowest BCUT2D eigenvalue weighted by atomic mass is 10.1. The molecule has 10 heteroatoms. The summed E-state index contributed by atoms with van der Waals surface area (Å²) in [6.45, 7) is 0.624. The average Bonchev–Trinajstić information content (AvgIpc) is 3.43. The molecule has 35 heavy (non-hydrogen) atoms. The summed E-state index contributed by atoms with van der Waals surface area (Å²) in [5.74, 6) is 0. The number of fused-ring (bicyclic) bond motifs is 2. The molecule has 0 bridgehead atoms. The Morgan fingerprint density at radius 2 is 1.86 bits per heavy atom. The molecule has 0 aliphatic heterocycles. The van der Waals surface area contributed by atoms with Gasteiger partial charge >= 0.3 is 12.2 Å². The largest absolute Gasteiger partial charge is 0.418 e. The minimum Gasteiger partial charge on any atom is -0.346 e. The molecule has 5 N–H and O–H groups in total. The summed E-state index contributed by atoms with van der Waals surface area (Å²) in [5.41, 5.74) is 7.93. The van der Waals surface area contributed by atoms with Crippen LogP contribution in [-0.4, -0.2) is 20.6 Å². The van der Waals surface area contributed by atoms with E-state index in [2.05, 4.69) is 20.6 Å². The maximum Gasteiger partial charge on any atom is 0.418 e. The van der Waals surface area contributed by atoms with Crippen LogP contribution in [0.5, 0.6) is 0 Å². The zero-order chi connectivity index (χ0) is 24.6. The molecule has 0 aliphatic rings. The molecule has 0 aliphatic carbocycles. The number of hydrogen-bond acceptors (Lipinski definition) is 3. The van der Waals surface area contributed by atoms with Crippen LogP contribution >= 0.6 is 0 Å². The smallest absolute Gasteiger partial charge is 0.346 e. The first kappa shape index (κ1) is 22.5. The molecular formula is C25H21F3N6O. The van der Waals surface area contributed by atoms with E-state index in [1.165, 1.54) is 12.1 Å². The molecule has 0 radical (unpaired) electrons. The van der Waals surface area contributed by atoms with Gasteiger partial charge in [-0.15, -0.1) is 0 Å². The molecule has 0 saturated heterocycles. The number of nitrogens with one attached hydrogen (secondary N) is 3. The second kappa shape index (κ2) is 8.80. The first-order valence-electron chi connectivity index (χ1n) is 10.8. The average molecular weight is 478 g/mol. The minimum atomic E-state index is -4.62. The second-order valence-electron chi connectivity index (χ2n) is 8.06. The van der Waals surface area contributed by atoms with E-state index in [1.54, 1.807) is 18.3 Å². The number of hydrogen-bond donors (Lipinski definition) is 4. The number of anilines is 2.